The van der Waals surface area contributed by atoms with Crippen molar-refractivity contribution in [3.8, 4) is 0 Å². The van der Waals surface area contributed by atoms with Gasteiger partial charge in [0.05, 0.1) is 49.5 Å². The van der Waals surface area contributed by atoms with Gasteiger partial charge in [-0.2, -0.15) is 0 Å². The van der Waals surface area contributed by atoms with Crippen molar-refractivity contribution in [2.45, 2.75) is 32.1 Å². The number of aryl methyl sites for hydroxylation is 2. The summed E-state index contributed by atoms with van der Waals surface area (Å²) in [6, 6.07) is 8.99. The van der Waals surface area contributed by atoms with Crippen molar-refractivity contribution in [2.24, 2.45) is 14.1 Å². The molecule has 46 heavy (non-hydrogen) atoms. The highest BCUT2D eigenvalue weighted by atomic mass is 35.5. The molecule has 4 aromatic rings. The fourth-order valence-corrected chi connectivity index (χ4v) is 6.18. The van der Waals surface area contributed by atoms with Crippen molar-refractivity contribution in [3.63, 3.8) is 0 Å². The number of morpholine rings is 1. The molecule has 0 aliphatic carbocycles. The van der Waals surface area contributed by atoms with Crippen molar-refractivity contribution in [1.29, 1.82) is 0 Å². The van der Waals surface area contributed by atoms with E-state index in [4.69, 9.17) is 16.3 Å². The number of aromatic nitrogens is 3. The summed E-state index contributed by atoms with van der Waals surface area (Å²) in [6.45, 7) is 4.37. The van der Waals surface area contributed by atoms with Crippen LogP contribution in [0.1, 0.15) is 71.4 Å². The Kier molecular flexibility index (Phi) is 10.2. The van der Waals surface area contributed by atoms with Gasteiger partial charge in [0.1, 0.15) is 18.9 Å². The number of rotatable bonds is 14. The van der Waals surface area contributed by atoms with Crippen LogP contribution in [0, 0.1) is 5.82 Å². The van der Waals surface area contributed by atoms with E-state index in [9.17, 15) is 23.6 Å². The van der Waals surface area contributed by atoms with Gasteiger partial charge in [0.15, 0.2) is 23.1 Å². The molecule has 0 bridgehead atoms. The number of Topliss-reactive ketones (excluding diaryl/α,β-unsaturated/α-hetero) is 4. The third-order valence-electron chi connectivity index (χ3n) is 8.72. The molecule has 0 saturated carbocycles. The first-order chi connectivity index (χ1) is 21.9. The van der Waals surface area contributed by atoms with Gasteiger partial charge < -0.3 is 23.3 Å². The number of nitrogens with one attached hydrogen (secondary N) is 1. The molecule has 11 heteroatoms. The van der Waals surface area contributed by atoms with E-state index < -0.39 is 11.6 Å². The van der Waals surface area contributed by atoms with Crippen LogP contribution < -0.4 is 0 Å². The Morgan fingerprint density at radius 3 is 2.11 bits per heavy atom. The van der Waals surface area contributed by atoms with Gasteiger partial charge in [-0.25, -0.2) is 4.39 Å². The number of ketones is 4. The van der Waals surface area contributed by atoms with Gasteiger partial charge in [0, 0.05) is 69.8 Å². The molecule has 0 unspecified atom stereocenters. The normalized spacial score (nSPS) is 14.4. The SMILES string of the molecule is Cn1cc(CC(=O)c2cc(CC(=O)c3cc(CC(=O)c4ccc(Cl)cc4F)c[nH]3)cn2C)cc1C(=O)CCC[N+]1(C)CCOCC1. The second-order valence-corrected chi connectivity index (χ2v) is 12.9. The quantitative estimate of drug-likeness (QED) is 0.149. The smallest absolute Gasteiger partial charge is 0.183 e. The molecule has 1 aromatic carbocycles. The zero-order valence-corrected chi connectivity index (χ0v) is 27.2. The van der Waals surface area contributed by atoms with Crippen LogP contribution in [0.15, 0.2) is 55.0 Å². The molecule has 1 N–H and O–H groups in total. The van der Waals surface area contributed by atoms with Crippen LogP contribution in [-0.2, 0) is 38.1 Å². The van der Waals surface area contributed by atoms with Gasteiger partial charge in [-0.1, -0.05) is 11.6 Å². The highest BCUT2D eigenvalue weighted by Crippen LogP contribution is 2.20. The van der Waals surface area contributed by atoms with Crippen molar-refractivity contribution >= 4 is 34.7 Å². The molecular formula is C35H39ClFN4O5+. The molecule has 0 atom stereocenters. The lowest BCUT2D eigenvalue weighted by Gasteiger charge is -2.37. The van der Waals surface area contributed by atoms with Gasteiger partial charge in [-0.3, -0.25) is 19.2 Å². The molecule has 1 saturated heterocycles. The number of halogens is 2. The number of likely N-dealkylation sites (N-methyl/N-ethyl adjacent to an activating group) is 1. The number of ether oxygens (including phenoxy) is 1. The maximum atomic E-state index is 14.1. The summed E-state index contributed by atoms with van der Waals surface area (Å²) in [4.78, 5) is 54.7. The summed E-state index contributed by atoms with van der Waals surface area (Å²) in [5.74, 6) is -1.38. The first-order valence-corrected chi connectivity index (χ1v) is 15.8. The van der Waals surface area contributed by atoms with Crippen molar-refractivity contribution in [3.05, 3.63) is 105 Å². The topological polar surface area (TPSA) is 103 Å². The maximum Gasteiger partial charge on any atom is 0.183 e. The minimum absolute atomic E-state index is 0.0512. The van der Waals surface area contributed by atoms with Gasteiger partial charge >= 0.3 is 0 Å². The standard InChI is InChI=1S/C35H38ClFN4O5/c1-39-22-25(14-30(39)32(42)5-4-8-41(3)9-11-46-12-10-41)18-35(45)31-15-24(21-40(31)2)17-34(44)29-13-23(20-38-29)16-33(43)27-7-6-26(36)19-28(27)37/h6-7,13-15,19-22H,4-5,8-12,16-18H2,1-3H3/p+1. The van der Waals surface area contributed by atoms with E-state index >= 15 is 0 Å². The Labute approximate surface area is 272 Å². The predicted octanol–water partition coefficient (Wildman–Crippen LogP) is 5.20. The lowest BCUT2D eigenvalue weighted by atomic mass is 10.0. The number of carbonyl (C=O) groups excluding carboxylic acids is 4. The number of nitrogens with zero attached hydrogens (tertiary/aromatic N) is 3. The number of hydrogen-bond acceptors (Lipinski definition) is 5. The molecule has 0 amide bonds. The van der Waals surface area contributed by atoms with Crippen LogP contribution in [0.3, 0.4) is 0 Å². The van der Waals surface area contributed by atoms with E-state index in [0.29, 0.717) is 34.6 Å². The zero-order valence-electron chi connectivity index (χ0n) is 26.4. The van der Waals surface area contributed by atoms with E-state index in [1.54, 1.807) is 46.8 Å². The summed E-state index contributed by atoms with van der Waals surface area (Å²) in [5.41, 5.74) is 3.30. The Bertz CT molecular complexity index is 1780. The van der Waals surface area contributed by atoms with Crippen LogP contribution in [-0.4, -0.2) is 81.6 Å². The van der Waals surface area contributed by atoms with E-state index in [-0.39, 0.29) is 47.2 Å². The van der Waals surface area contributed by atoms with Gasteiger partial charge in [0.2, 0.25) is 0 Å². The molecule has 0 spiro atoms. The van der Waals surface area contributed by atoms with E-state index in [0.717, 1.165) is 55.4 Å². The Morgan fingerprint density at radius 2 is 1.46 bits per heavy atom. The van der Waals surface area contributed by atoms with Gasteiger partial charge in [-0.15, -0.1) is 0 Å². The predicted molar refractivity (Wildman–Crippen MR) is 172 cm³/mol. The van der Waals surface area contributed by atoms with Gasteiger partial charge in [-0.05, 0) is 53.1 Å². The molecule has 5 rings (SSSR count). The van der Waals surface area contributed by atoms with E-state index in [2.05, 4.69) is 12.0 Å². The molecule has 9 nitrogen and oxygen atoms in total. The maximum absolute atomic E-state index is 14.1. The minimum Gasteiger partial charge on any atom is -0.370 e. The first-order valence-electron chi connectivity index (χ1n) is 15.4. The Morgan fingerprint density at radius 1 is 0.848 bits per heavy atom. The monoisotopic (exact) mass is 649 g/mol. The second kappa shape index (κ2) is 14.1. The Balaban J connectivity index is 1.15. The van der Waals surface area contributed by atoms with Crippen molar-refractivity contribution in [2.75, 3.05) is 39.9 Å². The van der Waals surface area contributed by atoms with Crippen LogP contribution in [0.5, 0.6) is 0 Å². The largest absolute Gasteiger partial charge is 0.370 e. The number of hydrogen-bond donors (Lipinski definition) is 1. The molecule has 1 aliphatic heterocycles. The number of H-pyrrole nitrogens is 1. The molecule has 242 valence electrons. The lowest BCUT2D eigenvalue weighted by Crippen LogP contribution is -2.52. The summed E-state index contributed by atoms with van der Waals surface area (Å²) in [6.07, 6.45) is 6.48. The summed E-state index contributed by atoms with van der Waals surface area (Å²) >= 11 is 5.78. The number of aromatic amines is 1. The minimum atomic E-state index is -0.689. The number of benzene rings is 1. The highest BCUT2D eigenvalue weighted by molar-refractivity contribution is 6.30. The summed E-state index contributed by atoms with van der Waals surface area (Å²) in [7, 11) is 5.78. The fraction of sp³-hybridized carbons (Fsp3) is 0.371. The molecule has 0 radical (unpaired) electrons. The Hall–Kier alpha value is -4.12. The zero-order chi connectivity index (χ0) is 33.0. The fourth-order valence-electron chi connectivity index (χ4n) is 6.03. The number of quaternary nitrogens is 1. The summed E-state index contributed by atoms with van der Waals surface area (Å²) < 4.78 is 24.0. The van der Waals surface area contributed by atoms with Crippen molar-refractivity contribution in [1.82, 2.24) is 14.1 Å². The average Bonchev–Trinajstić information content (AvgIpc) is 3.71. The molecule has 1 fully saturated rings. The molecule has 3 aromatic heterocycles. The highest BCUT2D eigenvalue weighted by Gasteiger charge is 2.25. The lowest BCUT2D eigenvalue weighted by molar-refractivity contribution is -0.917. The van der Waals surface area contributed by atoms with E-state index in [1.807, 2.05) is 13.2 Å². The molecule has 4 heterocycles. The van der Waals surface area contributed by atoms with Crippen molar-refractivity contribution < 1.29 is 32.8 Å². The third kappa shape index (κ3) is 7.99. The van der Waals surface area contributed by atoms with Crippen LogP contribution >= 0.6 is 11.6 Å². The molecule has 1 aliphatic rings. The first kappa shape index (κ1) is 33.2. The van der Waals surface area contributed by atoms with E-state index in [1.165, 1.54) is 12.1 Å². The van der Waals surface area contributed by atoms with Crippen LogP contribution in [0.2, 0.25) is 5.02 Å². The van der Waals surface area contributed by atoms with Crippen LogP contribution in [0.25, 0.3) is 0 Å². The average molecular weight is 650 g/mol. The van der Waals surface area contributed by atoms with Gasteiger partial charge in [0.25, 0.3) is 0 Å². The second-order valence-electron chi connectivity index (χ2n) is 12.5. The van der Waals surface area contributed by atoms with Crippen LogP contribution in [0.4, 0.5) is 4.39 Å². The third-order valence-corrected chi connectivity index (χ3v) is 8.95. The summed E-state index contributed by atoms with van der Waals surface area (Å²) in [5, 5.41) is 0.205. The molecular weight excluding hydrogens is 611 g/mol. The number of carbonyl (C=O) groups is 4.